The Morgan fingerprint density at radius 1 is 1.42 bits per heavy atom. The van der Waals surface area contributed by atoms with Gasteiger partial charge in [0, 0.05) is 12.0 Å². The van der Waals surface area contributed by atoms with Gasteiger partial charge in [-0.15, -0.1) is 10.2 Å². The number of carbonyl (C=O) groups is 1. The van der Waals surface area contributed by atoms with Gasteiger partial charge in [0.05, 0.1) is 5.69 Å². The van der Waals surface area contributed by atoms with Crippen molar-refractivity contribution in [3.8, 4) is 0 Å². The zero-order valence-corrected chi connectivity index (χ0v) is 12.0. The maximum Gasteiger partial charge on any atom is 0.296 e. The molecule has 0 radical (unpaired) electrons. The highest BCUT2D eigenvalue weighted by Crippen LogP contribution is 2.28. The summed E-state index contributed by atoms with van der Waals surface area (Å²) in [5.41, 5.74) is 0.667. The van der Waals surface area contributed by atoms with Crippen LogP contribution < -0.4 is 5.32 Å². The maximum absolute atomic E-state index is 11.8. The Hall–Kier alpha value is -1.76. The third kappa shape index (κ3) is 3.17. The number of nitrogens with one attached hydrogen (secondary N) is 1. The summed E-state index contributed by atoms with van der Waals surface area (Å²) in [6, 6.07) is 1.58. The lowest BCUT2D eigenvalue weighted by Crippen LogP contribution is -2.10. The molecule has 19 heavy (non-hydrogen) atoms. The predicted molar refractivity (Wildman–Crippen MR) is 72.4 cm³/mol. The number of nitrogens with zero attached hydrogens (tertiary/aromatic N) is 3. The lowest BCUT2D eigenvalue weighted by molar-refractivity contribution is 0.0988. The number of amides is 1. The van der Waals surface area contributed by atoms with Gasteiger partial charge in [-0.05, 0) is 19.8 Å². The molecule has 0 spiro atoms. The first-order valence-corrected chi connectivity index (χ1v) is 7.03. The SMILES string of the molecule is CCC(CC)c1nnc(NC(=O)c2cc(C)no2)s1. The molecule has 0 atom stereocenters. The highest BCUT2D eigenvalue weighted by molar-refractivity contribution is 7.15. The summed E-state index contributed by atoms with van der Waals surface area (Å²) in [5, 5.41) is 15.9. The van der Waals surface area contributed by atoms with Gasteiger partial charge in [-0.3, -0.25) is 10.1 Å². The number of carbonyl (C=O) groups excluding carboxylic acids is 1. The lowest BCUT2D eigenvalue weighted by Gasteiger charge is -2.05. The predicted octanol–water partition coefficient (Wildman–Crippen LogP) is 2.99. The number of aromatic nitrogens is 3. The van der Waals surface area contributed by atoms with Crippen molar-refractivity contribution in [3.63, 3.8) is 0 Å². The van der Waals surface area contributed by atoms with Gasteiger partial charge in [0.1, 0.15) is 5.01 Å². The van der Waals surface area contributed by atoms with Crippen LogP contribution in [0.3, 0.4) is 0 Å². The summed E-state index contributed by atoms with van der Waals surface area (Å²) in [5.74, 6) is 0.223. The molecule has 0 unspecified atom stereocenters. The third-order valence-electron chi connectivity index (χ3n) is 2.85. The van der Waals surface area contributed by atoms with Gasteiger partial charge in [0.25, 0.3) is 5.91 Å². The first kappa shape index (κ1) is 13.7. The minimum atomic E-state index is -0.354. The first-order chi connectivity index (χ1) is 9.13. The number of hydrogen-bond acceptors (Lipinski definition) is 6. The fourth-order valence-electron chi connectivity index (χ4n) is 1.72. The van der Waals surface area contributed by atoms with Crippen molar-refractivity contribution in [2.24, 2.45) is 0 Å². The molecule has 0 saturated heterocycles. The smallest absolute Gasteiger partial charge is 0.296 e. The summed E-state index contributed by atoms with van der Waals surface area (Å²) in [4.78, 5) is 11.8. The maximum atomic E-state index is 11.8. The molecule has 0 aromatic carbocycles. The summed E-state index contributed by atoms with van der Waals surface area (Å²) in [6.45, 7) is 5.99. The number of anilines is 1. The summed E-state index contributed by atoms with van der Waals surface area (Å²) in [6.07, 6.45) is 2.03. The van der Waals surface area contributed by atoms with E-state index in [0.29, 0.717) is 16.7 Å². The van der Waals surface area contributed by atoms with Crippen LogP contribution >= 0.6 is 11.3 Å². The van der Waals surface area contributed by atoms with Crippen LogP contribution in [0.25, 0.3) is 0 Å². The van der Waals surface area contributed by atoms with Crippen LogP contribution in [0.4, 0.5) is 5.13 Å². The van der Waals surface area contributed by atoms with Crippen molar-refractivity contribution in [1.29, 1.82) is 0 Å². The van der Waals surface area contributed by atoms with E-state index >= 15 is 0 Å². The van der Waals surface area contributed by atoms with Crippen LogP contribution in [-0.4, -0.2) is 21.3 Å². The van der Waals surface area contributed by atoms with Crippen LogP contribution in [0, 0.1) is 6.92 Å². The van der Waals surface area contributed by atoms with Crippen molar-refractivity contribution < 1.29 is 9.32 Å². The van der Waals surface area contributed by atoms with E-state index in [9.17, 15) is 4.79 Å². The molecule has 0 aliphatic rings. The highest BCUT2D eigenvalue weighted by Gasteiger charge is 2.17. The van der Waals surface area contributed by atoms with Crippen LogP contribution in [0.5, 0.6) is 0 Å². The third-order valence-corrected chi connectivity index (χ3v) is 3.85. The topological polar surface area (TPSA) is 80.9 Å². The zero-order valence-electron chi connectivity index (χ0n) is 11.1. The monoisotopic (exact) mass is 280 g/mol. The summed E-state index contributed by atoms with van der Waals surface area (Å²) in [7, 11) is 0. The van der Waals surface area contributed by atoms with Gasteiger partial charge < -0.3 is 4.52 Å². The minimum Gasteiger partial charge on any atom is -0.351 e. The molecule has 0 aliphatic carbocycles. The zero-order chi connectivity index (χ0) is 13.8. The van der Waals surface area contributed by atoms with Crippen LogP contribution in [0.15, 0.2) is 10.6 Å². The van der Waals surface area contributed by atoms with Crippen molar-refractivity contribution in [3.05, 3.63) is 22.5 Å². The van der Waals surface area contributed by atoms with E-state index in [0.717, 1.165) is 17.8 Å². The van der Waals surface area contributed by atoms with E-state index in [1.54, 1.807) is 13.0 Å². The van der Waals surface area contributed by atoms with Gasteiger partial charge >= 0.3 is 0 Å². The molecule has 1 amide bonds. The molecule has 0 bridgehead atoms. The molecule has 2 rings (SSSR count). The first-order valence-electron chi connectivity index (χ1n) is 6.22. The van der Waals surface area contributed by atoms with Gasteiger partial charge in [0.2, 0.25) is 10.9 Å². The number of hydrogen-bond donors (Lipinski definition) is 1. The Kier molecular flexibility index (Phi) is 4.26. The van der Waals surface area contributed by atoms with Crippen LogP contribution in [-0.2, 0) is 0 Å². The molecule has 0 saturated carbocycles. The molecule has 2 heterocycles. The van der Waals surface area contributed by atoms with Crippen LogP contribution in [0.1, 0.15) is 53.9 Å². The van der Waals surface area contributed by atoms with Crippen molar-refractivity contribution in [1.82, 2.24) is 15.4 Å². The fraction of sp³-hybridized carbons (Fsp3) is 0.500. The molecule has 2 aromatic heterocycles. The van der Waals surface area contributed by atoms with E-state index in [1.807, 2.05) is 0 Å². The molecule has 7 heteroatoms. The average Bonchev–Trinajstić information content (AvgIpc) is 3.00. The standard InChI is InChI=1S/C12H16N4O2S/c1-4-8(5-2)11-14-15-12(19-11)13-10(17)9-6-7(3)16-18-9/h6,8H,4-5H2,1-3H3,(H,13,15,17). The number of aryl methyl sites for hydroxylation is 1. The van der Waals surface area contributed by atoms with E-state index in [2.05, 4.69) is 34.5 Å². The lowest BCUT2D eigenvalue weighted by atomic mass is 10.1. The highest BCUT2D eigenvalue weighted by atomic mass is 32.1. The minimum absolute atomic E-state index is 0.178. The van der Waals surface area contributed by atoms with Crippen LogP contribution in [0.2, 0.25) is 0 Å². The molecule has 102 valence electrons. The van der Waals surface area contributed by atoms with Crippen molar-refractivity contribution in [2.45, 2.75) is 39.5 Å². The second-order valence-corrected chi connectivity index (χ2v) is 5.25. The molecule has 2 aromatic rings. The van der Waals surface area contributed by atoms with Gasteiger partial charge in [0.15, 0.2) is 0 Å². The fourth-order valence-corrected chi connectivity index (χ4v) is 2.72. The molecule has 1 N–H and O–H groups in total. The van der Waals surface area contributed by atoms with E-state index < -0.39 is 0 Å². The van der Waals surface area contributed by atoms with Gasteiger partial charge in [-0.1, -0.05) is 30.3 Å². The largest absolute Gasteiger partial charge is 0.351 e. The van der Waals surface area contributed by atoms with Gasteiger partial charge in [-0.2, -0.15) is 0 Å². The Balaban J connectivity index is 2.06. The Morgan fingerprint density at radius 2 is 2.16 bits per heavy atom. The van der Waals surface area contributed by atoms with Crippen molar-refractivity contribution in [2.75, 3.05) is 5.32 Å². The van der Waals surface area contributed by atoms with E-state index in [1.165, 1.54) is 11.3 Å². The summed E-state index contributed by atoms with van der Waals surface area (Å²) >= 11 is 1.40. The normalized spacial score (nSPS) is 10.9. The second kappa shape index (κ2) is 5.92. The van der Waals surface area contributed by atoms with E-state index in [-0.39, 0.29) is 11.7 Å². The molecule has 0 fully saturated rings. The molecule has 6 nitrogen and oxygen atoms in total. The molecule has 0 aliphatic heterocycles. The van der Waals surface area contributed by atoms with Gasteiger partial charge in [-0.25, -0.2) is 0 Å². The molecular weight excluding hydrogens is 264 g/mol. The molecular formula is C12H16N4O2S. The Labute approximate surface area is 115 Å². The van der Waals surface area contributed by atoms with E-state index in [4.69, 9.17) is 4.52 Å². The average molecular weight is 280 g/mol. The Bertz CT molecular complexity index is 560. The quantitative estimate of drug-likeness (QED) is 0.910. The van der Waals surface area contributed by atoms with Crippen molar-refractivity contribution >= 4 is 22.4 Å². The summed E-state index contributed by atoms with van der Waals surface area (Å²) < 4.78 is 4.89. The second-order valence-electron chi connectivity index (χ2n) is 4.25. The Morgan fingerprint density at radius 3 is 2.74 bits per heavy atom. The number of rotatable bonds is 5.